The second-order valence-corrected chi connectivity index (χ2v) is 7.07. The fourth-order valence-electron chi connectivity index (χ4n) is 3.28. The number of hydrogen-bond donors (Lipinski definition) is 3. The van der Waals surface area contributed by atoms with Crippen LogP contribution in [0.5, 0.6) is 0 Å². The van der Waals surface area contributed by atoms with Gasteiger partial charge in [0.2, 0.25) is 5.91 Å². The fourth-order valence-corrected chi connectivity index (χ4v) is 3.41. The number of β-amino-alcohol motifs (C(OH)–C–C–N with tert-alkyl or cyclic N) is 1. The monoisotopic (exact) mass is 405 g/mol. The molecule has 1 saturated heterocycles. The van der Waals surface area contributed by atoms with Gasteiger partial charge >= 0.3 is 0 Å². The van der Waals surface area contributed by atoms with Crippen LogP contribution in [0.15, 0.2) is 54.6 Å². The van der Waals surface area contributed by atoms with Crippen LogP contribution in [0.2, 0.25) is 5.02 Å². The Morgan fingerprint density at radius 2 is 1.57 bits per heavy atom. The van der Waals surface area contributed by atoms with E-state index in [-0.39, 0.29) is 12.6 Å². The highest BCUT2D eigenvalue weighted by Gasteiger charge is 2.26. The number of aliphatic hydroxyl groups excluding tert-OH is 1. The minimum atomic E-state index is -0.440. The van der Waals surface area contributed by atoms with Crippen LogP contribution in [0.25, 0.3) is 0 Å². The number of carbonyl (C=O) groups is 1. The number of benzene rings is 2. The van der Waals surface area contributed by atoms with E-state index in [1.807, 2.05) is 12.1 Å². The molecule has 0 unspecified atom stereocenters. The molecule has 1 aliphatic heterocycles. The molecule has 0 bridgehead atoms. The molecule has 6 nitrogen and oxygen atoms in total. The third-order valence-corrected chi connectivity index (χ3v) is 4.90. The molecule has 3 N–H and O–H groups in total. The topological polar surface area (TPSA) is 76.0 Å². The summed E-state index contributed by atoms with van der Waals surface area (Å²) in [6, 6.07) is 19.1. The second-order valence-electron chi connectivity index (χ2n) is 6.63. The Bertz CT molecular complexity index is 705. The van der Waals surface area contributed by atoms with Gasteiger partial charge in [-0.2, -0.15) is 0 Å². The van der Waals surface area contributed by atoms with E-state index in [2.05, 4.69) is 52.3 Å². The number of rotatable bonds is 5. The van der Waals surface area contributed by atoms with Crippen LogP contribution in [-0.2, 0) is 4.79 Å². The normalized spacial score (nSPS) is 16.0. The van der Waals surface area contributed by atoms with Crippen molar-refractivity contribution in [2.75, 3.05) is 39.3 Å². The van der Waals surface area contributed by atoms with Gasteiger partial charge in [0.05, 0.1) is 12.6 Å². The Balaban J connectivity index is 0.000000500. The van der Waals surface area contributed by atoms with Crippen molar-refractivity contribution in [1.82, 2.24) is 15.3 Å². The molecule has 1 fully saturated rings. The number of amides is 1. The lowest BCUT2D eigenvalue weighted by atomic mass is 9.96. The van der Waals surface area contributed by atoms with Crippen molar-refractivity contribution >= 4 is 17.5 Å². The highest BCUT2D eigenvalue weighted by molar-refractivity contribution is 6.30. The molecule has 3 rings (SSSR count). The Kier molecular flexibility index (Phi) is 9.40. The predicted octanol–water partition coefficient (Wildman–Crippen LogP) is 2.55. The molecule has 1 heterocycles. The Labute approximate surface area is 171 Å². The fraction of sp³-hybridized carbons (Fsp3) is 0.381. The molecule has 2 aromatic rings. The molecule has 28 heavy (non-hydrogen) atoms. The molecule has 0 aromatic heterocycles. The second kappa shape index (κ2) is 11.8. The van der Waals surface area contributed by atoms with E-state index in [0.717, 1.165) is 37.7 Å². The van der Waals surface area contributed by atoms with Gasteiger partial charge in [0.15, 0.2) is 0 Å². The van der Waals surface area contributed by atoms with Crippen LogP contribution < -0.4 is 5.48 Å². The highest BCUT2D eigenvalue weighted by atomic mass is 35.5. The van der Waals surface area contributed by atoms with Crippen molar-refractivity contribution in [2.45, 2.75) is 13.0 Å². The standard InChI is InChI=1S/C19H23ClN2O.C2H5NO2/c20-18-8-6-17(7-9-18)19(16-4-2-1-3-5-16)22-12-10-21(11-13-22)14-15-23;1-2(4)3-5/h1-9,19,23H,10-15H2;5H,1H3,(H,3,4)/t19-;/m1./s1. The lowest BCUT2D eigenvalue weighted by Crippen LogP contribution is -2.48. The molecule has 1 atom stereocenters. The van der Waals surface area contributed by atoms with Crippen LogP contribution in [0.4, 0.5) is 0 Å². The van der Waals surface area contributed by atoms with Crippen molar-refractivity contribution in [2.24, 2.45) is 0 Å². The largest absolute Gasteiger partial charge is 0.395 e. The summed E-state index contributed by atoms with van der Waals surface area (Å²) in [6.07, 6.45) is 0. The third-order valence-electron chi connectivity index (χ3n) is 4.65. The van der Waals surface area contributed by atoms with Gasteiger partial charge in [0, 0.05) is 44.7 Å². The molecular formula is C21H28ClN3O3. The zero-order valence-corrected chi connectivity index (χ0v) is 16.8. The molecule has 0 aliphatic carbocycles. The molecular weight excluding hydrogens is 378 g/mol. The van der Waals surface area contributed by atoms with E-state index in [1.54, 1.807) is 0 Å². The van der Waals surface area contributed by atoms with Gasteiger partial charge in [0.1, 0.15) is 0 Å². The molecule has 7 heteroatoms. The Morgan fingerprint density at radius 1 is 1.04 bits per heavy atom. The number of nitrogens with one attached hydrogen (secondary N) is 1. The average molecular weight is 406 g/mol. The first-order chi connectivity index (χ1) is 13.5. The van der Waals surface area contributed by atoms with Crippen molar-refractivity contribution in [3.63, 3.8) is 0 Å². The van der Waals surface area contributed by atoms with Crippen molar-refractivity contribution in [1.29, 1.82) is 0 Å². The van der Waals surface area contributed by atoms with Gasteiger partial charge in [-0.25, -0.2) is 5.48 Å². The zero-order chi connectivity index (χ0) is 20.4. The van der Waals surface area contributed by atoms with E-state index in [0.29, 0.717) is 0 Å². The minimum Gasteiger partial charge on any atom is -0.395 e. The number of hydrogen-bond acceptors (Lipinski definition) is 5. The van der Waals surface area contributed by atoms with Crippen LogP contribution in [0, 0.1) is 0 Å². The highest BCUT2D eigenvalue weighted by Crippen LogP contribution is 2.30. The summed E-state index contributed by atoms with van der Waals surface area (Å²) in [5, 5.41) is 17.4. The van der Waals surface area contributed by atoms with E-state index in [4.69, 9.17) is 21.9 Å². The van der Waals surface area contributed by atoms with Gasteiger partial charge in [0.25, 0.3) is 0 Å². The molecule has 152 valence electrons. The average Bonchev–Trinajstić information content (AvgIpc) is 2.72. The predicted molar refractivity (Wildman–Crippen MR) is 110 cm³/mol. The SMILES string of the molecule is CC(=O)NO.OCCN1CCN([C@H](c2ccccc2)c2ccc(Cl)cc2)CC1. The van der Waals surface area contributed by atoms with E-state index >= 15 is 0 Å². The number of carbonyl (C=O) groups excluding carboxylic acids is 1. The summed E-state index contributed by atoms with van der Waals surface area (Å²) < 4.78 is 0. The van der Waals surface area contributed by atoms with E-state index in [1.165, 1.54) is 23.5 Å². The Morgan fingerprint density at radius 3 is 2.07 bits per heavy atom. The lowest BCUT2D eigenvalue weighted by Gasteiger charge is -2.39. The number of aliphatic hydroxyl groups is 1. The molecule has 0 spiro atoms. The van der Waals surface area contributed by atoms with Gasteiger partial charge in [-0.3, -0.25) is 19.8 Å². The summed E-state index contributed by atoms with van der Waals surface area (Å²) in [5.74, 6) is -0.440. The molecule has 1 aliphatic rings. The van der Waals surface area contributed by atoms with Crippen LogP contribution in [-0.4, -0.2) is 65.4 Å². The lowest BCUT2D eigenvalue weighted by molar-refractivity contribution is -0.126. The smallest absolute Gasteiger partial charge is 0.240 e. The first-order valence-electron chi connectivity index (χ1n) is 9.33. The first-order valence-corrected chi connectivity index (χ1v) is 9.71. The molecule has 2 aromatic carbocycles. The number of halogens is 1. The van der Waals surface area contributed by atoms with Gasteiger partial charge in [-0.1, -0.05) is 54.1 Å². The summed E-state index contributed by atoms with van der Waals surface area (Å²) in [7, 11) is 0. The quantitative estimate of drug-likeness (QED) is 0.526. The molecule has 1 amide bonds. The van der Waals surface area contributed by atoms with E-state index in [9.17, 15) is 4.79 Å². The maximum absolute atomic E-state index is 9.45. The van der Waals surface area contributed by atoms with E-state index < -0.39 is 5.91 Å². The number of hydroxylamine groups is 1. The van der Waals surface area contributed by atoms with Gasteiger partial charge in [-0.05, 0) is 23.3 Å². The van der Waals surface area contributed by atoms with Crippen LogP contribution in [0.1, 0.15) is 24.1 Å². The van der Waals surface area contributed by atoms with Crippen molar-refractivity contribution in [3.8, 4) is 0 Å². The maximum atomic E-state index is 9.45. The van der Waals surface area contributed by atoms with Gasteiger partial charge in [-0.15, -0.1) is 0 Å². The third kappa shape index (κ3) is 6.89. The number of piperazine rings is 1. The molecule has 0 radical (unpaired) electrons. The van der Waals surface area contributed by atoms with Crippen molar-refractivity contribution in [3.05, 3.63) is 70.7 Å². The first kappa shape index (κ1) is 22.3. The van der Waals surface area contributed by atoms with Crippen LogP contribution >= 0.6 is 11.6 Å². The summed E-state index contributed by atoms with van der Waals surface area (Å²) in [5.41, 5.74) is 3.97. The zero-order valence-electron chi connectivity index (χ0n) is 16.1. The molecule has 0 saturated carbocycles. The number of nitrogens with zero attached hydrogens (tertiary/aromatic N) is 2. The maximum Gasteiger partial charge on any atom is 0.240 e. The van der Waals surface area contributed by atoms with Gasteiger partial charge < -0.3 is 5.11 Å². The summed E-state index contributed by atoms with van der Waals surface area (Å²) in [4.78, 5) is 14.3. The Hall–Kier alpha value is -1.96. The van der Waals surface area contributed by atoms with Crippen LogP contribution in [0.3, 0.4) is 0 Å². The minimum absolute atomic E-state index is 0.235. The van der Waals surface area contributed by atoms with Crippen molar-refractivity contribution < 1.29 is 15.1 Å². The summed E-state index contributed by atoms with van der Waals surface area (Å²) >= 11 is 6.06. The summed E-state index contributed by atoms with van der Waals surface area (Å²) in [6.45, 7) is 6.23.